The highest BCUT2D eigenvalue weighted by Crippen LogP contribution is 2.32. The summed E-state index contributed by atoms with van der Waals surface area (Å²) < 4.78 is 45.3. The third-order valence-electron chi connectivity index (χ3n) is 6.66. The molecule has 0 atom stereocenters. The number of nitrogens with zero attached hydrogens (tertiary/aromatic N) is 5. The number of aromatic nitrogens is 5. The molecular formula is C27H24N8O10S2. The van der Waals surface area contributed by atoms with Crippen molar-refractivity contribution in [1.29, 1.82) is 0 Å². The van der Waals surface area contributed by atoms with Crippen LogP contribution in [0.5, 0.6) is 11.5 Å². The normalized spacial score (nSPS) is 12.3. The molecule has 4 N–H and O–H groups in total. The van der Waals surface area contributed by atoms with Gasteiger partial charge in [0.1, 0.15) is 19.7 Å². The van der Waals surface area contributed by atoms with Crippen LogP contribution in [0.15, 0.2) is 57.9 Å². The van der Waals surface area contributed by atoms with E-state index in [1.54, 1.807) is 42.5 Å². The molecule has 1 aliphatic heterocycles. The van der Waals surface area contributed by atoms with Crippen LogP contribution in [-0.2, 0) is 37.5 Å². The van der Waals surface area contributed by atoms with Gasteiger partial charge in [-0.15, -0.1) is 11.3 Å². The number of imidazole rings is 1. The zero-order valence-electron chi connectivity index (χ0n) is 24.0. The molecule has 0 saturated heterocycles. The molecular weight excluding hydrogens is 660 g/mol. The summed E-state index contributed by atoms with van der Waals surface area (Å²) in [6.07, 6.45) is 0.217. The molecule has 20 heteroatoms. The van der Waals surface area contributed by atoms with E-state index in [-0.39, 0.29) is 47.9 Å². The largest absolute Gasteiger partial charge is 0.480 e. The van der Waals surface area contributed by atoms with Crippen molar-refractivity contribution in [3.05, 3.63) is 64.7 Å². The maximum atomic E-state index is 13.2. The number of aromatic amines is 1. The van der Waals surface area contributed by atoms with Gasteiger partial charge in [-0.05, 0) is 29.8 Å². The SMILES string of the molecule is O=C(O)CN(CCNS(=O)(=O)c1nc2ccccc2s1)C(=O)Cn1cnc2c(=O)[nH]c(NC(=O)OCc3ccc4c(c3)OCO4)nc21. The number of hydrogen-bond acceptors (Lipinski definition) is 13. The standard InChI is InChI=1S/C27H24N8O10S2/c36-20(34(11-21(37)38)8-7-29-47(41,42)27-30-16-3-1-2-4-19(16)46-27)10-35-13-28-22-23(35)31-25(32-24(22)39)33-26(40)43-12-15-5-6-17-18(9-15)45-14-44-17/h1-6,9,13,29H,7-8,10-12,14H2,(H,37,38)(H2,31,32,33,39,40). The first-order valence-electron chi connectivity index (χ1n) is 13.7. The summed E-state index contributed by atoms with van der Waals surface area (Å²) in [6, 6.07) is 11.9. The molecule has 6 rings (SSSR count). The number of hydrogen-bond donors (Lipinski definition) is 4. The van der Waals surface area contributed by atoms with Crippen molar-refractivity contribution in [1.82, 2.24) is 34.1 Å². The molecule has 0 aliphatic carbocycles. The van der Waals surface area contributed by atoms with Gasteiger partial charge in [-0.2, -0.15) is 4.98 Å². The smallest absolute Gasteiger partial charge is 0.414 e. The number of ether oxygens (including phenoxy) is 3. The van der Waals surface area contributed by atoms with Crippen LogP contribution >= 0.6 is 11.3 Å². The minimum Gasteiger partial charge on any atom is -0.480 e. The van der Waals surface area contributed by atoms with Crippen molar-refractivity contribution in [3.63, 3.8) is 0 Å². The number of sulfonamides is 1. The number of carboxylic acids is 1. The Morgan fingerprint density at radius 3 is 2.74 bits per heavy atom. The number of nitrogens with one attached hydrogen (secondary N) is 3. The molecule has 2 aromatic carbocycles. The number of para-hydroxylation sites is 1. The van der Waals surface area contributed by atoms with Crippen LogP contribution < -0.4 is 25.1 Å². The van der Waals surface area contributed by atoms with Crippen LogP contribution in [0.1, 0.15) is 5.56 Å². The van der Waals surface area contributed by atoms with Crippen molar-refractivity contribution < 1.29 is 42.1 Å². The Balaban J connectivity index is 1.10. The fourth-order valence-corrected chi connectivity index (χ4v) is 6.77. The Kier molecular flexibility index (Phi) is 8.70. The highest BCUT2D eigenvalue weighted by atomic mass is 32.2. The molecule has 0 saturated carbocycles. The lowest BCUT2D eigenvalue weighted by atomic mass is 10.2. The second-order valence-corrected chi connectivity index (χ2v) is 12.9. The lowest BCUT2D eigenvalue weighted by Crippen LogP contribution is -2.42. The van der Waals surface area contributed by atoms with Crippen LogP contribution in [0.2, 0.25) is 0 Å². The first-order valence-corrected chi connectivity index (χ1v) is 16.0. The molecule has 5 aromatic rings. The minimum absolute atomic E-state index is 0.0833. The van der Waals surface area contributed by atoms with E-state index in [9.17, 15) is 32.7 Å². The Morgan fingerprint density at radius 1 is 1.13 bits per heavy atom. The number of carbonyl (C=O) groups excluding carboxylic acids is 2. The number of benzene rings is 2. The van der Waals surface area contributed by atoms with Crippen molar-refractivity contribution in [3.8, 4) is 11.5 Å². The summed E-state index contributed by atoms with van der Waals surface area (Å²) >= 11 is 0.971. The molecule has 0 radical (unpaired) electrons. The predicted molar refractivity (Wildman–Crippen MR) is 164 cm³/mol. The van der Waals surface area contributed by atoms with E-state index in [0.717, 1.165) is 22.6 Å². The molecule has 244 valence electrons. The van der Waals surface area contributed by atoms with Crippen LogP contribution in [-0.4, -0.2) is 87.3 Å². The number of carbonyl (C=O) groups is 3. The van der Waals surface area contributed by atoms with E-state index in [4.69, 9.17) is 14.2 Å². The highest BCUT2D eigenvalue weighted by Gasteiger charge is 2.23. The number of aliphatic carboxylic acids is 1. The summed E-state index contributed by atoms with van der Waals surface area (Å²) in [4.78, 5) is 65.3. The third kappa shape index (κ3) is 7.13. The molecule has 0 bridgehead atoms. The predicted octanol–water partition coefficient (Wildman–Crippen LogP) is 1.10. The van der Waals surface area contributed by atoms with Gasteiger partial charge in [0.25, 0.3) is 15.6 Å². The maximum Gasteiger partial charge on any atom is 0.414 e. The van der Waals surface area contributed by atoms with Crippen molar-refractivity contribution in [2.45, 2.75) is 17.5 Å². The molecule has 4 heterocycles. The Labute approximate surface area is 268 Å². The van der Waals surface area contributed by atoms with E-state index in [1.165, 1.54) is 4.57 Å². The van der Waals surface area contributed by atoms with Crippen molar-refractivity contribution in [2.75, 3.05) is 31.7 Å². The van der Waals surface area contributed by atoms with Gasteiger partial charge in [-0.1, -0.05) is 18.2 Å². The van der Waals surface area contributed by atoms with E-state index in [2.05, 4.69) is 30.0 Å². The molecule has 0 unspecified atom stereocenters. The topological polar surface area (TPSA) is 237 Å². The number of fused-ring (bicyclic) bond motifs is 3. The summed E-state index contributed by atoms with van der Waals surface area (Å²) in [6.45, 7) is -1.87. The minimum atomic E-state index is -4.04. The molecule has 18 nitrogen and oxygen atoms in total. The molecule has 0 spiro atoms. The fourth-order valence-electron chi connectivity index (χ4n) is 4.48. The zero-order valence-corrected chi connectivity index (χ0v) is 25.7. The molecule has 3 aromatic heterocycles. The Hall–Kier alpha value is -5.60. The van der Waals surface area contributed by atoms with Crippen LogP contribution in [0.25, 0.3) is 21.4 Å². The van der Waals surface area contributed by atoms with Crippen LogP contribution in [0, 0.1) is 0 Å². The van der Waals surface area contributed by atoms with E-state index >= 15 is 0 Å². The number of H-pyrrole nitrogens is 1. The zero-order chi connectivity index (χ0) is 33.1. The van der Waals surface area contributed by atoms with Crippen molar-refractivity contribution >= 4 is 66.7 Å². The second kappa shape index (κ2) is 13.0. The quantitative estimate of drug-likeness (QED) is 0.144. The fraction of sp³-hybridized carbons (Fsp3) is 0.222. The summed E-state index contributed by atoms with van der Waals surface area (Å²) in [5, 5.41) is 11.7. The van der Waals surface area contributed by atoms with Gasteiger partial charge in [-0.25, -0.2) is 27.9 Å². The lowest BCUT2D eigenvalue weighted by molar-refractivity contribution is -0.144. The van der Waals surface area contributed by atoms with Crippen LogP contribution in [0.4, 0.5) is 10.7 Å². The van der Waals surface area contributed by atoms with E-state index in [1.807, 2.05) is 0 Å². The van der Waals surface area contributed by atoms with Crippen LogP contribution in [0.3, 0.4) is 0 Å². The van der Waals surface area contributed by atoms with Gasteiger partial charge >= 0.3 is 12.1 Å². The average Bonchev–Trinajstić information content (AvgIpc) is 3.78. The van der Waals surface area contributed by atoms with Crippen molar-refractivity contribution in [2.24, 2.45) is 0 Å². The number of carboxylic acid groups (broad SMARTS) is 1. The van der Waals surface area contributed by atoms with E-state index in [0.29, 0.717) is 27.3 Å². The summed E-state index contributed by atoms with van der Waals surface area (Å²) in [5.74, 6) is -1.27. The Bertz CT molecular complexity index is 2150. The molecule has 47 heavy (non-hydrogen) atoms. The molecule has 1 aliphatic rings. The lowest BCUT2D eigenvalue weighted by Gasteiger charge is -2.21. The van der Waals surface area contributed by atoms with Gasteiger partial charge in [0.05, 0.1) is 16.5 Å². The number of thiazole rings is 1. The second-order valence-electron chi connectivity index (χ2n) is 9.90. The Morgan fingerprint density at radius 2 is 1.94 bits per heavy atom. The van der Waals surface area contributed by atoms with E-state index < -0.39 is 46.6 Å². The molecule has 2 amide bonds. The molecule has 0 fully saturated rings. The van der Waals surface area contributed by atoms with Gasteiger partial charge < -0.3 is 28.8 Å². The summed E-state index contributed by atoms with van der Waals surface area (Å²) in [7, 11) is -4.04. The monoisotopic (exact) mass is 684 g/mol. The maximum absolute atomic E-state index is 13.2. The van der Waals surface area contributed by atoms with Gasteiger partial charge in [0.15, 0.2) is 22.7 Å². The number of anilines is 1. The van der Waals surface area contributed by atoms with Gasteiger partial charge in [0, 0.05) is 13.1 Å². The third-order valence-corrected chi connectivity index (χ3v) is 9.54. The number of amides is 2. The van der Waals surface area contributed by atoms with Gasteiger partial charge in [-0.3, -0.25) is 24.7 Å². The van der Waals surface area contributed by atoms with Gasteiger partial charge in [0.2, 0.25) is 23.0 Å². The first kappa shape index (κ1) is 31.4. The highest BCUT2D eigenvalue weighted by molar-refractivity contribution is 7.91. The average molecular weight is 685 g/mol. The summed E-state index contributed by atoms with van der Waals surface area (Å²) in [5.41, 5.74) is 0.176. The first-order chi connectivity index (χ1) is 22.6. The number of rotatable bonds is 12.